The molecule has 0 fully saturated rings. The van der Waals surface area contributed by atoms with Gasteiger partial charge < -0.3 is 18.3 Å². The lowest BCUT2D eigenvalue weighted by Crippen LogP contribution is -1.98. The molecule has 0 N–H and O–H groups in total. The van der Waals surface area contributed by atoms with Gasteiger partial charge in [0.25, 0.3) is 0 Å². The zero-order chi connectivity index (χ0) is 46.7. The Bertz CT molecular complexity index is 4560. The molecule has 0 aliphatic heterocycles. The molecular weight excluding hydrogens is 861 g/mol. The molecule has 4 nitrogen and oxygen atoms in total. The van der Waals surface area contributed by atoms with Crippen LogP contribution in [0.4, 0.5) is 0 Å². The summed E-state index contributed by atoms with van der Waals surface area (Å²) in [6.45, 7) is 0. The second kappa shape index (κ2) is 15.3. The van der Waals surface area contributed by atoms with E-state index in [-0.39, 0.29) is 0 Å². The minimum Gasteiger partial charge on any atom is -0.344 e. The molecule has 0 aliphatic rings. The van der Waals surface area contributed by atoms with Crippen LogP contribution in [0.25, 0.3) is 138 Å². The Morgan fingerprint density at radius 2 is 0.634 bits per heavy atom. The van der Waals surface area contributed by atoms with Crippen LogP contribution in [0.5, 0.6) is 0 Å². The molecule has 0 aliphatic carbocycles. The third kappa shape index (κ3) is 5.92. The largest absolute Gasteiger partial charge is 0.344 e. The van der Waals surface area contributed by atoms with Gasteiger partial charge in [0.2, 0.25) is 0 Å². The molecule has 71 heavy (non-hydrogen) atoms. The van der Waals surface area contributed by atoms with Crippen LogP contribution < -0.4 is 0 Å². The van der Waals surface area contributed by atoms with Crippen LogP contribution in [0.1, 0.15) is 0 Å². The number of aryl methyl sites for hydroxylation is 1. The summed E-state index contributed by atoms with van der Waals surface area (Å²) in [4.78, 5) is 0. The maximum Gasteiger partial charge on any atom is 0.0547 e. The van der Waals surface area contributed by atoms with Gasteiger partial charge in [-0.2, -0.15) is 0 Å². The molecular formula is C67H44N4. The fourth-order valence-electron chi connectivity index (χ4n) is 12.0. The Kier molecular flexibility index (Phi) is 8.54. The van der Waals surface area contributed by atoms with E-state index in [0.717, 1.165) is 17.1 Å². The fraction of sp³-hybridized carbons (Fsp3) is 0.0149. The lowest BCUT2D eigenvalue weighted by molar-refractivity contribution is 1.01. The SMILES string of the molecule is Cn1c2ccc(-c3cccc(-c4cccc(-n5c6ccccc6c6ccccc65)c4)c3)cc2c2ccc(-c3cccc4c3c3ccccc3n4-c3cccc(-n4c5ccccc5c5ccccc54)c3)cc21. The molecule has 0 saturated heterocycles. The van der Waals surface area contributed by atoms with Crippen LogP contribution in [0.15, 0.2) is 249 Å². The molecule has 4 aromatic heterocycles. The van der Waals surface area contributed by atoms with E-state index >= 15 is 0 Å². The number of hydrogen-bond donors (Lipinski definition) is 0. The maximum absolute atomic E-state index is 2.44. The van der Waals surface area contributed by atoms with Crippen LogP contribution in [0, 0.1) is 0 Å². The third-order valence-electron chi connectivity index (χ3n) is 15.2. The van der Waals surface area contributed by atoms with Crippen molar-refractivity contribution in [3.63, 3.8) is 0 Å². The van der Waals surface area contributed by atoms with E-state index in [1.54, 1.807) is 0 Å². The number of rotatable bonds is 6. The summed E-state index contributed by atoms with van der Waals surface area (Å²) in [6.07, 6.45) is 0. The first-order valence-electron chi connectivity index (χ1n) is 24.5. The first-order valence-corrected chi connectivity index (χ1v) is 24.5. The van der Waals surface area contributed by atoms with Gasteiger partial charge in [-0.05, 0) is 124 Å². The minimum absolute atomic E-state index is 1.13. The van der Waals surface area contributed by atoms with Crippen LogP contribution >= 0.6 is 0 Å². The highest BCUT2D eigenvalue weighted by Crippen LogP contribution is 2.42. The van der Waals surface area contributed by atoms with Crippen molar-refractivity contribution in [2.75, 3.05) is 0 Å². The van der Waals surface area contributed by atoms with Crippen molar-refractivity contribution in [1.29, 1.82) is 0 Å². The molecule has 0 saturated carbocycles. The van der Waals surface area contributed by atoms with Crippen LogP contribution in [-0.4, -0.2) is 18.3 Å². The lowest BCUT2D eigenvalue weighted by Gasteiger charge is -2.13. The average molecular weight is 905 g/mol. The van der Waals surface area contributed by atoms with Crippen molar-refractivity contribution >= 4 is 87.2 Å². The molecule has 332 valence electrons. The zero-order valence-corrected chi connectivity index (χ0v) is 39.0. The molecule has 15 rings (SSSR count). The highest BCUT2D eigenvalue weighted by Gasteiger charge is 2.20. The highest BCUT2D eigenvalue weighted by atomic mass is 15.0. The lowest BCUT2D eigenvalue weighted by atomic mass is 9.96. The van der Waals surface area contributed by atoms with E-state index in [0.29, 0.717) is 0 Å². The normalized spacial score (nSPS) is 12.0. The van der Waals surface area contributed by atoms with E-state index in [4.69, 9.17) is 0 Å². The van der Waals surface area contributed by atoms with Gasteiger partial charge in [0.1, 0.15) is 0 Å². The number of nitrogens with zero attached hydrogens (tertiary/aromatic N) is 4. The summed E-state index contributed by atoms with van der Waals surface area (Å²) in [6, 6.07) is 91.5. The minimum atomic E-state index is 1.13. The van der Waals surface area contributed by atoms with E-state index in [1.165, 1.54) is 121 Å². The summed E-state index contributed by atoms with van der Waals surface area (Å²) >= 11 is 0. The zero-order valence-electron chi connectivity index (χ0n) is 39.0. The molecule has 0 spiro atoms. The van der Waals surface area contributed by atoms with Crippen LogP contribution in [0.2, 0.25) is 0 Å². The molecule has 0 amide bonds. The van der Waals surface area contributed by atoms with Crippen molar-refractivity contribution in [3.8, 4) is 50.4 Å². The number of benzene rings is 11. The smallest absolute Gasteiger partial charge is 0.0547 e. The fourth-order valence-corrected chi connectivity index (χ4v) is 12.0. The molecule has 0 atom stereocenters. The van der Waals surface area contributed by atoms with Gasteiger partial charge in [-0.1, -0.05) is 158 Å². The second-order valence-corrected chi connectivity index (χ2v) is 19.0. The van der Waals surface area contributed by atoms with Gasteiger partial charge in [0, 0.05) is 78.2 Å². The molecule has 4 heterocycles. The predicted molar refractivity (Wildman–Crippen MR) is 300 cm³/mol. The summed E-state index contributed by atoms with van der Waals surface area (Å²) in [7, 11) is 2.20. The van der Waals surface area contributed by atoms with Gasteiger partial charge in [-0.15, -0.1) is 0 Å². The summed E-state index contributed by atoms with van der Waals surface area (Å²) in [5.41, 5.74) is 20.3. The van der Waals surface area contributed by atoms with Gasteiger partial charge >= 0.3 is 0 Å². The molecule has 0 radical (unpaired) electrons. The number of fused-ring (bicyclic) bond motifs is 12. The number of aromatic nitrogens is 4. The molecule has 4 heteroatoms. The topological polar surface area (TPSA) is 19.7 Å². The van der Waals surface area contributed by atoms with Crippen LogP contribution in [-0.2, 0) is 7.05 Å². The number of para-hydroxylation sites is 5. The van der Waals surface area contributed by atoms with Gasteiger partial charge in [0.05, 0.1) is 33.1 Å². The van der Waals surface area contributed by atoms with Gasteiger partial charge in [0.15, 0.2) is 0 Å². The molecule has 11 aromatic carbocycles. The van der Waals surface area contributed by atoms with Crippen molar-refractivity contribution in [2.24, 2.45) is 7.05 Å². The quantitative estimate of drug-likeness (QED) is 0.158. The third-order valence-corrected chi connectivity index (χ3v) is 15.2. The Morgan fingerprint density at radius 1 is 0.225 bits per heavy atom. The summed E-state index contributed by atoms with van der Waals surface area (Å²) < 4.78 is 9.60. The Hall–Kier alpha value is -9.38. The summed E-state index contributed by atoms with van der Waals surface area (Å²) in [5, 5.41) is 10.1. The predicted octanol–water partition coefficient (Wildman–Crippen LogP) is 17.6. The van der Waals surface area contributed by atoms with Crippen molar-refractivity contribution in [1.82, 2.24) is 18.3 Å². The maximum atomic E-state index is 2.44. The number of hydrogen-bond acceptors (Lipinski definition) is 0. The van der Waals surface area contributed by atoms with Gasteiger partial charge in [-0.25, -0.2) is 0 Å². The average Bonchev–Trinajstić information content (AvgIpc) is 4.15. The van der Waals surface area contributed by atoms with E-state index in [9.17, 15) is 0 Å². The van der Waals surface area contributed by atoms with Gasteiger partial charge in [-0.3, -0.25) is 0 Å². The van der Waals surface area contributed by atoms with E-state index in [2.05, 4.69) is 274 Å². The monoisotopic (exact) mass is 904 g/mol. The molecule has 0 bridgehead atoms. The highest BCUT2D eigenvalue weighted by molar-refractivity contribution is 6.17. The first-order chi connectivity index (χ1) is 35.1. The first kappa shape index (κ1) is 39.6. The molecule has 0 unspecified atom stereocenters. The van der Waals surface area contributed by atoms with Crippen molar-refractivity contribution < 1.29 is 0 Å². The Morgan fingerprint density at radius 3 is 1.23 bits per heavy atom. The molecule has 15 aromatic rings. The Labute approximate surface area is 409 Å². The van der Waals surface area contributed by atoms with E-state index < -0.39 is 0 Å². The summed E-state index contributed by atoms with van der Waals surface area (Å²) in [5.74, 6) is 0. The van der Waals surface area contributed by atoms with Crippen LogP contribution in [0.3, 0.4) is 0 Å². The van der Waals surface area contributed by atoms with Crippen molar-refractivity contribution in [2.45, 2.75) is 0 Å². The van der Waals surface area contributed by atoms with Crippen molar-refractivity contribution in [3.05, 3.63) is 249 Å². The van der Waals surface area contributed by atoms with E-state index in [1.807, 2.05) is 0 Å². The Balaban J connectivity index is 0.814. The second-order valence-electron chi connectivity index (χ2n) is 19.0. The standard InChI is InChI=1S/C67H44N4/c1-68-59-37-35-46(44-17-12-16-43(38-44)45-18-13-19-48(39-45)69-60-28-7-2-22-52(60)53-23-3-8-29-61(53)69)40-58(59)56-36-34-47(41-66(56)68)51-27-15-33-65-67(51)57-26-6-11-32-64(57)71(65)50-21-14-20-49(42-50)70-62-30-9-4-24-54(62)55-25-5-10-31-63(55)70/h2-42H,1H3.